The first kappa shape index (κ1) is 14.8. The molecule has 1 aliphatic rings. The highest BCUT2D eigenvalue weighted by Crippen LogP contribution is 2.20. The lowest BCUT2D eigenvalue weighted by atomic mass is 10.0. The van der Waals surface area contributed by atoms with Crippen LogP contribution in [-0.2, 0) is 4.79 Å². The van der Waals surface area contributed by atoms with Gasteiger partial charge in [-0.05, 0) is 18.9 Å². The van der Waals surface area contributed by atoms with Crippen LogP contribution in [0, 0.1) is 5.92 Å². The Kier molecular flexibility index (Phi) is 4.95. The van der Waals surface area contributed by atoms with Crippen LogP contribution in [-0.4, -0.2) is 41.6 Å². The maximum Gasteiger partial charge on any atom is 0.245 e. The van der Waals surface area contributed by atoms with Gasteiger partial charge in [0.05, 0.1) is 0 Å². The summed E-state index contributed by atoms with van der Waals surface area (Å²) in [4.78, 5) is 25.9. The monoisotopic (exact) mass is 277 g/mol. The van der Waals surface area contributed by atoms with Crippen LogP contribution in [0.1, 0.15) is 26.3 Å². The molecule has 1 saturated heterocycles. The molecule has 1 atom stereocenters. The van der Waals surface area contributed by atoms with E-state index in [4.69, 9.17) is 0 Å². The first-order valence-electron chi connectivity index (χ1n) is 7.27. The summed E-state index contributed by atoms with van der Waals surface area (Å²) in [6.07, 6.45) is 4.41. The molecule has 0 saturated carbocycles. The number of pyridine rings is 1. The Labute approximate surface area is 119 Å². The number of aromatic nitrogens is 1. The molecule has 1 N–H and O–H groups in total. The molecule has 110 valence electrons. The van der Waals surface area contributed by atoms with Gasteiger partial charge in [-0.1, -0.05) is 13.8 Å². The number of amides is 1. The fourth-order valence-electron chi connectivity index (χ4n) is 2.62. The van der Waals surface area contributed by atoms with Crippen LogP contribution >= 0.6 is 0 Å². The van der Waals surface area contributed by atoms with Gasteiger partial charge in [0.15, 0.2) is 5.43 Å². The average molecular weight is 277 g/mol. The molecule has 0 aliphatic carbocycles. The molecule has 1 fully saturated rings. The van der Waals surface area contributed by atoms with E-state index in [1.807, 2.05) is 23.3 Å². The molecule has 1 aliphatic heterocycles. The van der Waals surface area contributed by atoms with E-state index in [0.717, 1.165) is 32.6 Å². The number of hydrogen-bond acceptors (Lipinski definition) is 3. The minimum Gasteiger partial charge on any atom is -0.341 e. The Morgan fingerprint density at radius 3 is 2.55 bits per heavy atom. The lowest BCUT2D eigenvalue weighted by Crippen LogP contribution is -2.41. The molecule has 1 amide bonds. The van der Waals surface area contributed by atoms with Crippen molar-refractivity contribution < 1.29 is 4.79 Å². The average Bonchev–Trinajstić information content (AvgIpc) is 2.69. The Morgan fingerprint density at radius 1 is 1.20 bits per heavy atom. The van der Waals surface area contributed by atoms with Crippen LogP contribution in [0.2, 0.25) is 0 Å². The highest BCUT2D eigenvalue weighted by atomic mass is 16.2. The number of nitrogens with one attached hydrogen (secondary N) is 1. The summed E-state index contributed by atoms with van der Waals surface area (Å²) >= 11 is 0. The molecule has 1 aromatic rings. The minimum atomic E-state index is -0.242. The third-order valence-electron chi connectivity index (χ3n) is 3.68. The Hall–Kier alpha value is -1.62. The van der Waals surface area contributed by atoms with E-state index in [-0.39, 0.29) is 23.3 Å². The molecule has 0 bridgehead atoms. The predicted molar refractivity (Wildman–Crippen MR) is 78.6 cm³/mol. The lowest BCUT2D eigenvalue weighted by molar-refractivity contribution is -0.135. The maximum atomic E-state index is 12.8. The second-order valence-corrected chi connectivity index (χ2v) is 5.60. The fraction of sp³-hybridized carbons (Fsp3) is 0.600. The van der Waals surface area contributed by atoms with E-state index >= 15 is 0 Å². The molecule has 1 unspecified atom stereocenters. The van der Waals surface area contributed by atoms with Crippen LogP contribution in [0.4, 0.5) is 0 Å². The van der Waals surface area contributed by atoms with E-state index in [2.05, 4.69) is 5.32 Å². The van der Waals surface area contributed by atoms with Crippen molar-refractivity contribution >= 4 is 5.91 Å². The molecule has 20 heavy (non-hydrogen) atoms. The van der Waals surface area contributed by atoms with Gasteiger partial charge in [-0.25, -0.2) is 0 Å². The van der Waals surface area contributed by atoms with Crippen LogP contribution in [0.3, 0.4) is 0 Å². The Morgan fingerprint density at radius 2 is 1.90 bits per heavy atom. The van der Waals surface area contributed by atoms with Crippen molar-refractivity contribution in [2.75, 3.05) is 26.2 Å². The first-order valence-corrected chi connectivity index (χ1v) is 7.27. The maximum absolute atomic E-state index is 12.8. The summed E-state index contributed by atoms with van der Waals surface area (Å²) in [7, 11) is 0. The van der Waals surface area contributed by atoms with Gasteiger partial charge >= 0.3 is 0 Å². The van der Waals surface area contributed by atoms with Gasteiger partial charge in [-0.2, -0.15) is 0 Å². The van der Waals surface area contributed by atoms with Crippen molar-refractivity contribution in [3.8, 4) is 0 Å². The topological polar surface area (TPSA) is 54.3 Å². The second-order valence-electron chi connectivity index (χ2n) is 5.60. The standard InChI is InChI=1S/C15H23N3O2/c1-12(2)14(17-9-4-13(19)5-10-17)15(20)18-8-3-6-16-7-11-18/h4-5,9-10,12,14,16H,3,6-8,11H2,1-2H3. The zero-order valence-electron chi connectivity index (χ0n) is 12.2. The van der Waals surface area contributed by atoms with Crippen molar-refractivity contribution in [3.05, 3.63) is 34.7 Å². The third kappa shape index (κ3) is 3.48. The molecular formula is C15H23N3O2. The highest BCUT2D eigenvalue weighted by Gasteiger charge is 2.28. The number of rotatable bonds is 3. The van der Waals surface area contributed by atoms with Crippen molar-refractivity contribution in [2.45, 2.75) is 26.3 Å². The smallest absolute Gasteiger partial charge is 0.245 e. The fourth-order valence-corrected chi connectivity index (χ4v) is 2.62. The zero-order chi connectivity index (χ0) is 14.5. The van der Waals surface area contributed by atoms with Gasteiger partial charge in [0, 0.05) is 44.2 Å². The van der Waals surface area contributed by atoms with Gasteiger partial charge in [0.1, 0.15) is 6.04 Å². The quantitative estimate of drug-likeness (QED) is 0.892. The molecule has 5 nitrogen and oxygen atoms in total. The third-order valence-corrected chi connectivity index (χ3v) is 3.68. The van der Waals surface area contributed by atoms with Crippen molar-refractivity contribution in [3.63, 3.8) is 0 Å². The van der Waals surface area contributed by atoms with Gasteiger partial charge < -0.3 is 14.8 Å². The summed E-state index contributed by atoms with van der Waals surface area (Å²) < 4.78 is 1.85. The predicted octanol–water partition coefficient (Wildman–Crippen LogP) is 0.867. The van der Waals surface area contributed by atoms with E-state index in [9.17, 15) is 9.59 Å². The van der Waals surface area contributed by atoms with E-state index in [0.29, 0.717) is 0 Å². The van der Waals surface area contributed by atoms with Gasteiger partial charge in [-0.3, -0.25) is 9.59 Å². The van der Waals surface area contributed by atoms with Crippen molar-refractivity contribution in [1.29, 1.82) is 0 Å². The Bertz CT molecular complexity index is 482. The highest BCUT2D eigenvalue weighted by molar-refractivity contribution is 5.80. The zero-order valence-corrected chi connectivity index (χ0v) is 12.2. The molecule has 0 radical (unpaired) electrons. The summed E-state index contributed by atoms with van der Waals surface area (Å²) in [5.41, 5.74) is -0.0322. The molecule has 2 rings (SSSR count). The van der Waals surface area contributed by atoms with Crippen LogP contribution < -0.4 is 10.7 Å². The molecule has 2 heterocycles. The molecule has 1 aromatic heterocycles. The van der Waals surface area contributed by atoms with E-state index < -0.39 is 0 Å². The van der Waals surface area contributed by atoms with Crippen molar-refractivity contribution in [1.82, 2.24) is 14.8 Å². The van der Waals surface area contributed by atoms with Gasteiger partial charge in [-0.15, -0.1) is 0 Å². The number of nitrogens with zero attached hydrogens (tertiary/aromatic N) is 2. The number of hydrogen-bond donors (Lipinski definition) is 1. The summed E-state index contributed by atoms with van der Waals surface area (Å²) in [6.45, 7) is 7.44. The second kappa shape index (κ2) is 6.70. The van der Waals surface area contributed by atoms with E-state index in [1.54, 1.807) is 12.4 Å². The number of carbonyl (C=O) groups excluding carboxylic acids is 1. The number of carbonyl (C=O) groups is 1. The van der Waals surface area contributed by atoms with Crippen LogP contribution in [0.5, 0.6) is 0 Å². The summed E-state index contributed by atoms with van der Waals surface area (Å²) in [5, 5.41) is 3.31. The summed E-state index contributed by atoms with van der Waals surface area (Å²) in [6, 6.07) is 2.77. The van der Waals surface area contributed by atoms with Crippen LogP contribution in [0.25, 0.3) is 0 Å². The molecular weight excluding hydrogens is 254 g/mol. The van der Waals surface area contributed by atoms with E-state index in [1.165, 1.54) is 12.1 Å². The van der Waals surface area contributed by atoms with Gasteiger partial charge in [0.25, 0.3) is 0 Å². The Balaban J connectivity index is 2.21. The van der Waals surface area contributed by atoms with Crippen molar-refractivity contribution in [2.24, 2.45) is 5.92 Å². The molecule has 5 heteroatoms. The molecule has 0 aromatic carbocycles. The van der Waals surface area contributed by atoms with Crippen LogP contribution in [0.15, 0.2) is 29.3 Å². The van der Waals surface area contributed by atoms with Gasteiger partial charge in [0.2, 0.25) is 5.91 Å². The lowest BCUT2D eigenvalue weighted by Gasteiger charge is -2.29. The normalized spacial score (nSPS) is 17.9. The largest absolute Gasteiger partial charge is 0.341 e. The first-order chi connectivity index (χ1) is 9.59. The molecule has 0 spiro atoms. The summed E-state index contributed by atoms with van der Waals surface area (Å²) in [5.74, 6) is 0.327. The SMILES string of the molecule is CC(C)C(C(=O)N1CCCNCC1)n1ccc(=O)cc1. The minimum absolute atomic E-state index is 0.0322.